The van der Waals surface area contributed by atoms with E-state index in [-0.39, 0.29) is 0 Å². The van der Waals surface area contributed by atoms with Gasteiger partial charge in [-0.05, 0) is 31.4 Å². The van der Waals surface area contributed by atoms with Crippen molar-refractivity contribution in [3.8, 4) is 5.75 Å². The molecular weight excluding hydrogens is 226 g/mol. The minimum Gasteiger partial charge on any atom is -0.496 e. The van der Waals surface area contributed by atoms with Gasteiger partial charge in [-0.1, -0.05) is 25.1 Å². The average Bonchev–Trinajstić information content (AvgIpc) is 2.38. The first-order valence-electron chi connectivity index (χ1n) is 6.58. The number of ether oxygens (including phenoxy) is 2. The summed E-state index contributed by atoms with van der Waals surface area (Å²) in [5, 5.41) is 3.59. The van der Waals surface area contributed by atoms with Gasteiger partial charge in [0.1, 0.15) is 5.75 Å². The normalized spacial score (nSPS) is 14.2. The number of nitrogens with one attached hydrogen (secondary N) is 1. The first-order valence-corrected chi connectivity index (χ1v) is 6.58. The van der Waals surface area contributed by atoms with Crippen LogP contribution in [0.1, 0.15) is 25.8 Å². The first-order chi connectivity index (χ1) is 8.71. The molecule has 102 valence electrons. The highest BCUT2D eigenvalue weighted by Gasteiger charge is 2.12. The molecule has 3 nitrogen and oxygen atoms in total. The van der Waals surface area contributed by atoms with E-state index >= 15 is 0 Å². The zero-order valence-corrected chi connectivity index (χ0v) is 11.9. The number of para-hydroxylation sites is 1. The van der Waals surface area contributed by atoms with Crippen molar-refractivity contribution in [2.75, 3.05) is 20.8 Å². The zero-order valence-electron chi connectivity index (χ0n) is 11.9. The molecule has 0 amide bonds. The van der Waals surface area contributed by atoms with Crippen LogP contribution in [0.4, 0.5) is 0 Å². The van der Waals surface area contributed by atoms with Gasteiger partial charge in [-0.15, -0.1) is 0 Å². The van der Waals surface area contributed by atoms with Crippen LogP contribution in [0.25, 0.3) is 0 Å². The van der Waals surface area contributed by atoms with Crippen molar-refractivity contribution in [1.29, 1.82) is 0 Å². The molecule has 2 atom stereocenters. The molecule has 0 bridgehead atoms. The molecule has 0 aliphatic rings. The van der Waals surface area contributed by atoms with Gasteiger partial charge in [0.2, 0.25) is 0 Å². The summed E-state index contributed by atoms with van der Waals surface area (Å²) >= 11 is 0. The quantitative estimate of drug-likeness (QED) is 0.770. The molecule has 1 rings (SSSR count). The van der Waals surface area contributed by atoms with E-state index in [1.54, 1.807) is 14.2 Å². The SMILES string of the molecule is CCC(COC)NC(C)Cc1ccccc1OC. The molecule has 2 unspecified atom stereocenters. The summed E-state index contributed by atoms with van der Waals surface area (Å²) in [6.45, 7) is 5.13. The van der Waals surface area contributed by atoms with Gasteiger partial charge in [0.05, 0.1) is 13.7 Å². The third-order valence-electron chi connectivity index (χ3n) is 3.10. The van der Waals surface area contributed by atoms with Crippen molar-refractivity contribution >= 4 is 0 Å². The number of hydrogen-bond acceptors (Lipinski definition) is 3. The molecule has 0 aliphatic carbocycles. The second-order valence-electron chi connectivity index (χ2n) is 4.64. The van der Waals surface area contributed by atoms with E-state index in [2.05, 4.69) is 31.3 Å². The largest absolute Gasteiger partial charge is 0.496 e. The highest BCUT2D eigenvalue weighted by atomic mass is 16.5. The molecule has 1 aromatic carbocycles. The van der Waals surface area contributed by atoms with Crippen LogP contribution < -0.4 is 10.1 Å². The van der Waals surface area contributed by atoms with Crippen molar-refractivity contribution in [3.63, 3.8) is 0 Å². The molecular formula is C15H25NO2. The van der Waals surface area contributed by atoms with Crippen molar-refractivity contribution < 1.29 is 9.47 Å². The van der Waals surface area contributed by atoms with E-state index in [1.807, 2.05) is 12.1 Å². The Labute approximate surface area is 110 Å². The highest BCUT2D eigenvalue weighted by molar-refractivity contribution is 5.33. The lowest BCUT2D eigenvalue weighted by Gasteiger charge is -2.22. The van der Waals surface area contributed by atoms with Crippen molar-refractivity contribution in [2.24, 2.45) is 0 Å². The monoisotopic (exact) mass is 251 g/mol. The predicted octanol–water partition coefficient (Wildman–Crippen LogP) is 2.64. The molecule has 0 radical (unpaired) electrons. The second-order valence-corrected chi connectivity index (χ2v) is 4.64. The van der Waals surface area contributed by atoms with Crippen LogP contribution in [0, 0.1) is 0 Å². The van der Waals surface area contributed by atoms with Crippen molar-refractivity contribution in [2.45, 2.75) is 38.8 Å². The Morgan fingerprint density at radius 3 is 2.56 bits per heavy atom. The fraction of sp³-hybridized carbons (Fsp3) is 0.600. The average molecular weight is 251 g/mol. The second kappa shape index (κ2) is 8.11. The van der Waals surface area contributed by atoms with Crippen LogP contribution in [0.3, 0.4) is 0 Å². The Morgan fingerprint density at radius 2 is 1.94 bits per heavy atom. The lowest BCUT2D eigenvalue weighted by Crippen LogP contribution is -2.40. The van der Waals surface area contributed by atoms with E-state index < -0.39 is 0 Å². The Bertz CT molecular complexity index is 341. The van der Waals surface area contributed by atoms with Crippen LogP contribution in [0.15, 0.2) is 24.3 Å². The third kappa shape index (κ3) is 4.67. The summed E-state index contributed by atoms with van der Waals surface area (Å²) in [6, 6.07) is 9.00. The Kier molecular flexibility index (Phi) is 6.76. The minimum atomic E-state index is 0.404. The maximum Gasteiger partial charge on any atom is 0.122 e. The van der Waals surface area contributed by atoms with Gasteiger partial charge in [-0.25, -0.2) is 0 Å². The summed E-state index contributed by atoms with van der Waals surface area (Å²) < 4.78 is 10.6. The number of methoxy groups -OCH3 is 2. The van der Waals surface area contributed by atoms with Crippen LogP contribution in [0.5, 0.6) is 5.75 Å². The number of hydrogen-bond donors (Lipinski definition) is 1. The summed E-state index contributed by atoms with van der Waals surface area (Å²) in [6.07, 6.45) is 2.04. The molecule has 0 saturated carbocycles. The summed E-state index contributed by atoms with van der Waals surface area (Å²) in [4.78, 5) is 0. The van der Waals surface area contributed by atoms with E-state index in [0.29, 0.717) is 12.1 Å². The van der Waals surface area contributed by atoms with Gasteiger partial charge in [-0.3, -0.25) is 0 Å². The molecule has 0 aliphatic heterocycles. The van der Waals surface area contributed by atoms with Crippen LogP contribution in [0.2, 0.25) is 0 Å². The number of benzene rings is 1. The van der Waals surface area contributed by atoms with E-state index in [0.717, 1.165) is 25.2 Å². The van der Waals surface area contributed by atoms with Gasteiger partial charge in [0.15, 0.2) is 0 Å². The molecule has 1 N–H and O–H groups in total. The van der Waals surface area contributed by atoms with Crippen LogP contribution in [-0.4, -0.2) is 32.9 Å². The summed E-state index contributed by atoms with van der Waals surface area (Å²) in [5.41, 5.74) is 1.24. The van der Waals surface area contributed by atoms with E-state index in [4.69, 9.17) is 9.47 Å². The lowest BCUT2D eigenvalue weighted by molar-refractivity contribution is 0.159. The molecule has 3 heteroatoms. The number of rotatable bonds is 8. The van der Waals surface area contributed by atoms with E-state index in [9.17, 15) is 0 Å². The standard InChI is InChI=1S/C15H25NO2/c1-5-14(11-17-3)16-12(2)10-13-8-6-7-9-15(13)18-4/h6-9,12,14,16H,5,10-11H2,1-4H3. The molecule has 1 aromatic rings. The lowest BCUT2D eigenvalue weighted by atomic mass is 10.0. The third-order valence-corrected chi connectivity index (χ3v) is 3.10. The maximum absolute atomic E-state index is 5.37. The fourth-order valence-electron chi connectivity index (χ4n) is 2.15. The topological polar surface area (TPSA) is 30.5 Å². The first kappa shape index (κ1) is 15.0. The van der Waals surface area contributed by atoms with Crippen molar-refractivity contribution in [3.05, 3.63) is 29.8 Å². The van der Waals surface area contributed by atoms with Gasteiger partial charge < -0.3 is 14.8 Å². The van der Waals surface area contributed by atoms with Gasteiger partial charge >= 0.3 is 0 Å². The van der Waals surface area contributed by atoms with Gasteiger partial charge in [0.25, 0.3) is 0 Å². The molecule has 0 spiro atoms. The molecule has 0 aromatic heterocycles. The fourth-order valence-corrected chi connectivity index (χ4v) is 2.15. The minimum absolute atomic E-state index is 0.404. The molecule has 0 saturated heterocycles. The Hall–Kier alpha value is -1.06. The maximum atomic E-state index is 5.37. The molecule has 0 fully saturated rings. The van der Waals surface area contributed by atoms with Crippen LogP contribution in [-0.2, 0) is 11.2 Å². The van der Waals surface area contributed by atoms with Gasteiger partial charge in [0, 0.05) is 19.2 Å². The van der Waals surface area contributed by atoms with Gasteiger partial charge in [-0.2, -0.15) is 0 Å². The highest BCUT2D eigenvalue weighted by Crippen LogP contribution is 2.19. The Balaban J connectivity index is 2.55. The van der Waals surface area contributed by atoms with Crippen LogP contribution >= 0.6 is 0 Å². The smallest absolute Gasteiger partial charge is 0.122 e. The predicted molar refractivity (Wildman–Crippen MR) is 75.3 cm³/mol. The molecule has 18 heavy (non-hydrogen) atoms. The summed E-state index contributed by atoms with van der Waals surface area (Å²) in [7, 11) is 3.46. The molecule has 0 heterocycles. The zero-order chi connectivity index (χ0) is 13.4. The Morgan fingerprint density at radius 1 is 1.22 bits per heavy atom. The summed E-state index contributed by atoms with van der Waals surface area (Å²) in [5.74, 6) is 0.964. The van der Waals surface area contributed by atoms with Crippen molar-refractivity contribution in [1.82, 2.24) is 5.32 Å². The van der Waals surface area contributed by atoms with E-state index in [1.165, 1.54) is 5.56 Å².